The molecular weight excluding hydrogens is 186 g/mol. The molecule has 0 fully saturated rings. The summed E-state index contributed by atoms with van der Waals surface area (Å²) in [6.45, 7) is 0. The van der Waals surface area contributed by atoms with Crippen molar-refractivity contribution >= 4 is 17.1 Å². The number of benzene rings is 1. The highest BCUT2D eigenvalue weighted by atomic mass is 35.5. The summed E-state index contributed by atoms with van der Waals surface area (Å²) in [5, 5.41) is 11.2. The van der Waals surface area contributed by atoms with Crippen molar-refractivity contribution in [2.24, 2.45) is 0 Å². The molecular formula is C9H6ClN3. The maximum atomic E-state index is 7.39. The SMILES string of the molecule is N=c1c2c(-c3ccc(Cl)cc3)[nH]n12. The van der Waals surface area contributed by atoms with Gasteiger partial charge in [-0.2, -0.15) is 0 Å². The van der Waals surface area contributed by atoms with E-state index in [2.05, 4.69) is 5.10 Å². The minimum atomic E-state index is 0.574. The number of H-pyrrole nitrogens is 1. The summed E-state index contributed by atoms with van der Waals surface area (Å²) in [4.78, 5) is 0. The van der Waals surface area contributed by atoms with Crippen LogP contribution in [-0.2, 0) is 0 Å². The third-order valence-electron chi connectivity index (χ3n) is 2.21. The summed E-state index contributed by atoms with van der Waals surface area (Å²) < 4.78 is 1.74. The van der Waals surface area contributed by atoms with Crippen molar-refractivity contribution in [1.82, 2.24) is 9.61 Å². The van der Waals surface area contributed by atoms with E-state index >= 15 is 0 Å². The third kappa shape index (κ3) is 0.820. The van der Waals surface area contributed by atoms with Crippen LogP contribution in [0, 0.1) is 5.41 Å². The lowest BCUT2D eigenvalue weighted by Gasteiger charge is -2.01. The first-order chi connectivity index (χ1) is 6.27. The van der Waals surface area contributed by atoms with E-state index < -0.39 is 0 Å². The maximum absolute atomic E-state index is 7.39. The average molecular weight is 192 g/mol. The number of rotatable bonds is 1. The fourth-order valence-electron chi connectivity index (χ4n) is 1.44. The van der Waals surface area contributed by atoms with Crippen LogP contribution in [0.25, 0.3) is 16.8 Å². The van der Waals surface area contributed by atoms with Gasteiger partial charge in [-0.1, -0.05) is 23.7 Å². The van der Waals surface area contributed by atoms with Crippen molar-refractivity contribution in [1.29, 1.82) is 5.41 Å². The van der Waals surface area contributed by atoms with Crippen LogP contribution >= 0.6 is 11.6 Å². The Morgan fingerprint density at radius 3 is 2.38 bits per heavy atom. The molecule has 0 unspecified atom stereocenters. The molecule has 2 aromatic heterocycles. The Hall–Kier alpha value is -1.48. The van der Waals surface area contributed by atoms with Crippen LogP contribution < -0.4 is 5.49 Å². The summed E-state index contributed by atoms with van der Waals surface area (Å²) in [6.07, 6.45) is 0. The Morgan fingerprint density at radius 1 is 1.23 bits per heavy atom. The van der Waals surface area contributed by atoms with Crippen LogP contribution in [0.2, 0.25) is 5.02 Å². The molecule has 0 aliphatic heterocycles. The summed E-state index contributed by atoms with van der Waals surface area (Å²) in [6, 6.07) is 7.59. The Kier molecular flexibility index (Phi) is 1.10. The molecule has 0 atom stereocenters. The van der Waals surface area contributed by atoms with Crippen molar-refractivity contribution in [3.8, 4) is 11.3 Å². The molecule has 0 aliphatic rings. The molecule has 13 heavy (non-hydrogen) atoms. The van der Waals surface area contributed by atoms with E-state index in [-0.39, 0.29) is 0 Å². The largest absolute Gasteiger partial charge is 0.289 e. The lowest BCUT2D eigenvalue weighted by atomic mass is 10.1. The number of hydrogen-bond donors (Lipinski definition) is 2. The van der Waals surface area contributed by atoms with E-state index in [1.807, 2.05) is 24.3 Å². The molecule has 0 radical (unpaired) electrons. The predicted octanol–water partition coefficient (Wildman–Crippen LogP) is 1.94. The molecule has 2 N–H and O–H groups in total. The van der Waals surface area contributed by atoms with E-state index in [0.717, 1.165) is 21.8 Å². The van der Waals surface area contributed by atoms with Gasteiger partial charge in [-0.25, -0.2) is 4.52 Å². The van der Waals surface area contributed by atoms with Gasteiger partial charge in [0.1, 0.15) is 5.52 Å². The van der Waals surface area contributed by atoms with Crippen molar-refractivity contribution < 1.29 is 0 Å². The molecule has 0 amide bonds. The quantitative estimate of drug-likeness (QED) is 0.591. The summed E-state index contributed by atoms with van der Waals surface area (Å²) in [5.41, 5.74) is 3.69. The molecule has 2 heterocycles. The zero-order valence-electron chi connectivity index (χ0n) is 6.63. The van der Waals surface area contributed by atoms with Gasteiger partial charge in [-0.15, -0.1) is 0 Å². The molecule has 3 aromatic rings. The topological polar surface area (TPSA) is 44.0 Å². The van der Waals surface area contributed by atoms with Crippen LogP contribution in [-0.4, -0.2) is 9.61 Å². The highest BCUT2D eigenvalue weighted by molar-refractivity contribution is 6.30. The molecule has 3 nitrogen and oxygen atoms in total. The van der Waals surface area contributed by atoms with E-state index in [1.165, 1.54) is 0 Å². The minimum Gasteiger partial charge on any atom is -0.289 e. The lowest BCUT2D eigenvalue weighted by molar-refractivity contribution is 0.955. The number of aromatic nitrogens is 2. The molecule has 0 saturated heterocycles. The van der Waals surface area contributed by atoms with E-state index in [4.69, 9.17) is 17.0 Å². The highest BCUT2D eigenvalue weighted by Crippen LogP contribution is 2.25. The fraction of sp³-hybridized carbons (Fsp3) is 0. The summed E-state index contributed by atoms with van der Waals surface area (Å²) >= 11 is 5.76. The number of aromatic amines is 1. The number of halogens is 1. The predicted molar refractivity (Wildman–Crippen MR) is 50.4 cm³/mol. The van der Waals surface area contributed by atoms with Crippen LogP contribution in [0.4, 0.5) is 0 Å². The third-order valence-corrected chi connectivity index (χ3v) is 2.47. The Morgan fingerprint density at radius 2 is 1.92 bits per heavy atom. The Labute approximate surface area is 78.7 Å². The standard InChI is InChI=1S/C9H6ClN3/c10-6-3-1-5(2-4-6)7-8-9(11)13(8)12-7/h1-4,11-12H. The first-order valence-corrected chi connectivity index (χ1v) is 4.31. The molecule has 1 aromatic carbocycles. The minimum absolute atomic E-state index is 0.574. The van der Waals surface area contributed by atoms with Gasteiger partial charge in [-0.05, 0) is 12.1 Å². The van der Waals surface area contributed by atoms with Gasteiger partial charge in [0, 0.05) is 10.6 Å². The number of hydrogen-bond acceptors (Lipinski definition) is 1. The molecule has 0 bridgehead atoms. The number of fused-ring (bicyclic) bond motifs is 1. The number of nitrogens with one attached hydrogen (secondary N) is 2. The van der Waals surface area contributed by atoms with Gasteiger partial charge in [0.05, 0.1) is 5.69 Å². The van der Waals surface area contributed by atoms with E-state index in [0.29, 0.717) is 5.49 Å². The second-order valence-corrected chi connectivity index (χ2v) is 3.46. The zero-order valence-corrected chi connectivity index (χ0v) is 7.39. The van der Waals surface area contributed by atoms with E-state index in [9.17, 15) is 0 Å². The molecule has 3 rings (SSSR count). The second-order valence-electron chi connectivity index (χ2n) is 3.03. The first-order valence-electron chi connectivity index (χ1n) is 3.93. The van der Waals surface area contributed by atoms with Crippen LogP contribution in [0.3, 0.4) is 0 Å². The average Bonchev–Trinajstić information content (AvgIpc) is 2.56. The van der Waals surface area contributed by atoms with Gasteiger partial charge in [-0.3, -0.25) is 10.5 Å². The van der Waals surface area contributed by atoms with Gasteiger partial charge in [0.2, 0.25) is 0 Å². The van der Waals surface area contributed by atoms with Crippen LogP contribution in [0.1, 0.15) is 0 Å². The van der Waals surface area contributed by atoms with Gasteiger partial charge in [0.25, 0.3) is 0 Å². The Bertz CT molecular complexity index is 575. The maximum Gasteiger partial charge on any atom is 0.173 e. The molecule has 0 saturated carbocycles. The van der Waals surface area contributed by atoms with E-state index in [1.54, 1.807) is 4.52 Å². The smallest absolute Gasteiger partial charge is 0.173 e. The molecule has 4 heteroatoms. The number of nitrogens with zero attached hydrogens (tertiary/aromatic N) is 1. The normalized spacial score (nSPS) is 11.8. The fourth-order valence-corrected chi connectivity index (χ4v) is 1.56. The van der Waals surface area contributed by atoms with Crippen molar-refractivity contribution in [2.45, 2.75) is 0 Å². The van der Waals surface area contributed by atoms with Gasteiger partial charge < -0.3 is 0 Å². The summed E-state index contributed by atoms with van der Waals surface area (Å²) in [5.74, 6) is 0. The monoisotopic (exact) mass is 191 g/mol. The molecule has 0 aliphatic carbocycles. The Balaban J connectivity index is 2.13. The van der Waals surface area contributed by atoms with Crippen LogP contribution in [0.15, 0.2) is 24.3 Å². The highest BCUT2D eigenvalue weighted by Gasteiger charge is 2.20. The summed E-state index contributed by atoms with van der Waals surface area (Å²) in [7, 11) is 0. The first kappa shape index (κ1) is 6.97. The van der Waals surface area contributed by atoms with Crippen LogP contribution in [0.5, 0.6) is 0 Å². The van der Waals surface area contributed by atoms with Crippen molar-refractivity contribution in [2.75, 3.05) is 0 Å². The van der Waals surface area contributed by atoms with Gasteiger partial charge in [0.15, 0.2) is 5.49 Å². The van der Waals surface area contributed by atoms with Crippen molar-refractivity contribution in [3.05, 3.63) is 34.8 Å². The van der Waals surface area contributed by atoms with Gasteiger partial charge >= 0.3 is 0 Å². The lowest BCUT2D eigenvalue weighted by Crippen LogP contribution is -1.90. The molecule has 64 valence electrons. The van der Waals surface area contributed by atoms with Crippen molar-refractivity contribution in [3.63, 3.8) is 0 Å². The zero-order chi connectivity index (χ0) is 9.00. The second kappa shape index (κ2) is 2.06. The molecule has 0 spiro atoms.